The minimum absolute atomic E-state index is 0.202. The van der Waals surface area contributed by atoms with Gasteiger partial charge in [0.1, 0.15) is 11.5 Å². The van der Waals surface area contributed by atoms with Crippen molar-refractivity contribution in [3.05, 3.63) is 22.9 Å². The first kappa shape index (κ1) is 21.3. The molecular weight excluding hydrogens is 344 g/mol. The molecule has 1 saturated carbocycles. The molecule has 1 aromatic heterocycles. The van der Waals surface area contributed by atoms with Crippen LogP contribution in [0.5, 0.6) is 0 Å². The minimum atomic E-state index is -3.67. The summed E-state index contributed by atoms with van der Waals surface area (Å²) < 4.78 is 28.6. The van der Waals surface area contributed by atoms with E-state index in [4.69, 9.17) is 4.18 Å². The molecule has 4 nitrogen and oxygen atoms in total. The third kappa shape index (κ3) is 10.9. The van der Waals surface area contributed by atoms with Gasteiger partial charge >= 0.3 is 0 Å². The van der Waals surface area contributed by atoms with Gasteiger partial charge in [-0.15, -0.1) is 0 Å². The van der Waals surface area contributed by atoms with Crippen molar-refractivity contribution in [2.24, 2.45) is 0 Å². The number of unbranched alkanes of at least 4 members (excludes halogenated alkanes) is 3. The lowest BCUT2D eigenvalue weighted by molar-refractivity contribution is -0.116. The summed E-state index contributed by atoms with van der Waals surface area (Å²) in [7, 11) is -3.67. The Bertz CT molecular complexity index is 500. The van der Waals surface area contributed by atoms with Crippen molar-refractivity contribution in [1.29, 1.82) is 0 Å². The molecule has 24 heavy (non-hydrogen) atoms. The highest BCUT2D eigenvalue weighted by atomic mass is 32.2. The Kier molecular flexibility index (Phi) is 11.2. The summed E-state index contributed by atoms with van der Waals surface area (Å²) in [6.07, 6.45) is 8.91. The first-order chi connectivity index (χ1) is 11.5. The maximum absolute atomic E-state index is 11.8. The molecule has 6 heteroatoms. The highest BCUT2D eigenvalue weighted by Gasteiger charge is 2.23. The number of carbonyl (C=O) groups is 1. The lowest BCUT2D eigenvalue weighted by Crippen LogP contribution is -2.25. The Hall–Kier alpha value is -0.720. The fourth-order valence-electron chi connectivity index (χ4n) is 2.65. The summed E-state index contributed by atoms with van der Waals surface area (Å²) in [6.45, 7) is 2.10. The molecule has 1 aliphatic rings. The van der Waals surface area contributed by atoms with Gasteiger partial charge in [0.05, 0.1) is 6.10 Å². The maximum atomic E-state index is 11.8. The molecule has 0 N–H and O–H groups in total. The fourth-order valence-corrected chi connectivity index (χ4v) is 4.32. The molecule has 0 bridgehead atoms. The zero-order chi connectivity index (χ0) is 17.7. The van der Waals surface area contributed by atoms with Crippen molar-refractivity contribution in [2.75, 3.05) is 5.75 Å². The van der Waals surface area contributed by atoms with Crippen molar-refractivity contribution in [3.63, 3.8) is 0 Å². The smallest absolute Gasteiger partial charge is 0.274 e. The van der Waals surface area contributed by atoms with Crippen LogP contribution in [0.1, 0.15) is 71.1 Å². The zero-order valence-corrected chi connectivity index (χ0v) is 16.2. The normalized spacial score (nSPS) is 15.5. The van der Waals surface area contributed by atoms with Crippen molar-refractivity contribution >= 4 is 27.2 Å². The number of thiophene rings is 1. The molecule has 0 radical (unpaired) electrons. The number of hydrogen-bond donors (Lipinski definition) is 0. The Morgan fingerprint density at radius 1 is 1.08 bits per heavy atom. The SMILES string of the molecule is CCCCCCC(=O)CS(=O)(=O)OC1CCCCC1.c1ccsc1. The van der Waals surface area contributed by atoms with Crippen molar-refractivity contribution in [3.8, 4) is 0 Å². The Labute approximate surface area is 150 Å². The van der Waals surface area contributed by atoms with Gasteiger partial charge in [-0.25, -0.2) is 0 Å². The van der Waals surface area contributed by atoms with Gasteiger partial charge < -0.3 is 0 Å². The Morgan fingerprint density at radius 3 is 2.29 bits per heavy atom. The molecule has 0 amide bonds. The van der Waals surface area contributed by atoms with Crippen LogP contribution in [-0.2, 0) is 19.1 Å². The second-order valence-electron chi connectivity index (χ2n) is 6.20. The standard InChI is InChI=1S/C14H26O4S.C4H4S/c1-2-3-4-6-9-13(15)12-19(16,17)18-14-10-7-5-8-11-14;1-2-4-5-3-1/h14H,2-12H2,1H3;1-4H. The third-order valence-electron chi connectivity index (χ3n) is 3.91. The molecular formula is C18H30O4S2. The summed E-state index contributed by atoms with van der Waals surface area (Å²) in [5.74, 6) is -0.665. The van der Waals surface area contributed by atoms with E-state index in [0.717, 1.165) is 57.8 Å². The van der Waals surface area contributed by atoms with E-state index in [0.29, 0.717) is 6.42 Å². The third-order valence-corrected chi connectivity index (χ3v) is 5.78. The molecule has 1 aromatic rings. The summed E-state index contributed by atoms with van der Waals surface area (Å²) in [5.41, 5.74) is 0. The van der Waals surface area contributed by atoms with Gasteiger partial charge in [-0.1, -0.05) is 57.6 Å². The van der Waals surface area contributed by atoms with Gasteiger partial charge in [0.2, 0.25) is 0 Å². The molecule has 1 heterocycles. The molecule has 0 spiro atoms. The van der Waals surface area contributed by atoms with E-state index in [9.17, 15) is 13.2 Å². The van der Waals surface area contributed by atoms with Crippen LogP contribution in [0.4, 0.5) is 0 Å². The highest BCUT2D eigenvalue weighted by Crippen LogP contribution is 2.22. The van der Waals surface area contributed by atoms with Crippen LogP contribution in [0, 0.1) is 0 Å². The predicted molar refractivity (Wildman–Crippen MR) is 99.8 cm³/mol. The van der Waals surface area contributed by atoms with Gasteiger partial charge in [-0.3, -0.25) is 8.98 Å². The number of Topliss-reactive ketones (excluding diaryl/α,β-unsaturated/α-hetero) is 1. The Balaban J connectivity index is 0.000000488. The lowest BCUT2D eigenvalue weighted by Gasteiger charge is -2.21. The highest BCUT2D eigenvalue weighted by molar-refractivity contribution is 7.87. The molecule has 0 aliphatic heterocycles. The first-order valence-electron chi connectivity index (χ1n) is 8.93. The average molecular weight is 375 g/mol. The van der Waals surface area contributed by atoms with Crippen LogP contribution >= 0.6 is 11.3 Å². The number of rotatable bonds is 9. The maximum Gasteiger partial charge on any atom is 0.274 e. The number of ketones is 1. The topological polar surface area (TPSA) is 60.4 Å². The molecule has 0 unspecified atom stereocenters. The Morgan fingerprint density at radius 2 is 1.75 bits per heavy atom. The van der Waals surface area contributed by atoms with Crippen LogP contribution in [-0.4, -0.2) is 26.1 Å². The summed E-state index contributed by atoms with van der Waals surface area (Å²) in [5, 5.41) is 4.08. The van der Waals surface area contributed by atoms with E-state index in [1.165, 1.54) is 0 Å². The molecule has 0 aromatic carbocycles. The van der Waals surface area contributed by atoms with E-state index >= 15 is 0 Å². The fraction of sp³-hybridized carbons (Fsp3) is 0.722. The molecule has 0 atom stereocenters. The van der Waals surface area contributed by atoms with E-state index < -0.39 is 15.9 Å². The predicted octanol–water partition coefficient (Wildman–Crippen LogP) is 4.95. The molecule has 0 saturated heterocycles. The summed E-state index contributed by atoms with van der Waals surface area (Å²) in [6, 6.07) is 4.04. The molecule has 1 aliphatic carbocycles. The first-order valence-corrected chi connectivity index (χ1v) is 11.5. The molecule has 1 fully saturated rings. The summed E-state index contributed by atoms with van der Waals surface area (Å²) >= 11 is 1.71. The van der Waals surface area contributed by atoms with Crippen LogP contribution in [0.3, 0.4) is 0 Å². The van der Waals surface area contributed by atoms with Gasteiger partial charge in [0.25, 0.3) is 10.1 Å². The number of carbonyl (C=O) groups excluding carboxylic acids is 1. The van der Waals surface area contributed by atoms with Gasteiger partial charge in [0.15, 0.2) is 0 Å². The van der Waals surface area contributed by atoms with Crippen molar-refractivity contribution in [2.45, 2.75) is 77.2 Å². The van der Waals surface area contributed by atoms with Crippen molar-refractivity contribution < 1.29 is 17.4 Å². The van der Waals surface area contributed by atoms with E-state index in [2.05, 4.69) is 6.92 Å². The second kappa shape index (κ2) is 12.6. The van der Waals surface area contributed by atoms with E-state index in [1.807, 2.05) is 22.9 Å². The quantitative estimate of drug-likeness (QED) is 0.453. The minimum Gasteiger partial charge on any atom is -0.298 e. The summed E-state index contributed by atoms with van der Waals surface area (Å²) in [4.78, 5) is 11.6. The van der Waals surface area contributed by atoms with Gasteiger partial charge in [-0.05, 0) is 30.0 Å². The van der Waals surface area contributed by atoms with E-state index in [1.54, 1.807) is 11.3 Å². The van der Waals surface area contributed by atoms with Crippen LogP contribution in [0.2, 0.25) is 0 Å². The second-order valence-corrected chi connectivity index (χ2v) is 8.61. The van der Waals surface area contributed by atoms with Gasteiger partial charge in [-0.2, -0.15) is 19.8 Å². The zero-order valence-electron chi connectivity index (χ0n) is 14.6. The monoisotopic (exact) mass is 374 g/mol. The molecule has 138 valence electrons. The lowest BCUT2D eigenvalue weighted by atomic mass is 9.98. The van der Waals surface area contributed by atoms with Crippen LogP contribution in [0.15, 0.2) is 22.9 Å². The van der Waals surface area contributed by atoms with Crippen LogP contribution in [0.25, 0.3) is 0 Å². The van der Waals surface area contributed by atoms with Crippen LogP contribution < -0.4 is 0 Å². The number of hydrogen-bond acceptors (Lipinski definition) is 5. The van der Waals surface area contributed by atoms with Crippen molar-refractivity contribution in [1.82, 2.24) is 0 Å². The largest absolute Gasteiger partial charge is 0.298 e. The average Bonchev–Trinajstić information content (AvgIpc) is 3.11. The van der Waals surface area contributed by atoms with E-state index in [-0.39, 0.29) is 11.9 Å². The van der Waals surface area contributed by atoms with Gasteiger partial charge in [0, 0.05) is 6.42 Å². The molecule has 2 rings (SSSR count).